The Morgan fingerprint density at radius 3 is 1.45 bits per heavy atom. The molecule has 62 heavy (non-hydrogen) atoms. The van der Waals surface area contributed by atoms with Gasteiger partial charge in [-0.2, -0.15) is 0 Å². The second-order valence-corrected chi connectivity index (χ2v) is 16.1. The van der Waals surface area contributed by atoms with Crippen LogP contribution in [0, 0.1) is 0 Å². The van der Waals surface area contributed by atoms with Gasteiger partial charge < -0.3 is 9.32 Å². The summed E-state index contributed by atoms with van der Waals surface area (Å²) < 4.78 is 6.44. The first kappa shape index (κ1) is 37.1. The Hall–Kier alpha value is -7.94. The third kappa shape index (κ3) is 7.23. The van der Waals surface area contributed by atoms with E-state index in [4.69, 9.17) is 4.42 Å². The molecular weight excluding hydrogens is 751 g/mol. The molecule has 2 nitrogen and oxygen atoms in total. The van der Waals surface area contributed by atoms with Gasteiger partial charge in [0.05, 0.1) is 0 Å². The molecule has 11 rings (SSSR count). The number of fused-ring (bicyclic) bond motifs is 3. The van der Waals surface area contributed by atoms with Gasteiger partial charge in [0.15, 0.2) is 0 Å². The molecule has 0 spiro atoms. The predicted molar refractivity (Wildman–Crippen MR) is 261 cm³/mol. The van der Waals surface area contributed by atoms with Gasteiger partial charge in [-0.25, -0.2) is 0 Å². The average molecular weight is 794 g/mol. The van der Waals surface area contributed by atoms with E-state index >= 15 is 0 Å². The number of anilines is 3. The fourth-order valence-electron chi connectivity index (χ4n) is 9.06. The predicted octanol–water partition coefficient (Wildman–Crippen LogP) is 16.7. The van der Waals surface area contributed by atoms with Gasteiger partial charge in [-0.3, -0.25) is 0 Å². The molecular formula is C60H43NO. The Labute approximate surface area is 363 Å². The maximum absolute atomic E-state index is 6.44. The molecule has 0 fully saturated rings. The number of hydrogen-bond acceptors (Lipinski definition) is 2. The van der Waals surface area contributed by atoms with E-state index in [0.29, 0.717) is 0 Å². The second-order valence-electron chi connectivity index (χ2n) is 16.1. The molecule has 1 unspecified atom stereocenters. The molecule has 294 valence electrons. The second kappa shape index (κ2) is 16.3. The van der Waals surface area contributed by atoms with E-state index in [1.807, 2.05) is 12.1 Å². The van der Waals surface area contributed by atoms with Crippen LogP contribution in [-0.4, -0.2) is 0 Å². The Morgan fingerprint density at radius 2 is 0.839 bits per heavy atom. The van der Waals surface area contributed by atoms with Gasteiger partial charge >= 0.3 is 0 Å². The molecule has 1 aromatic heterocycles. The summed E-state index contributed by atoms with van der Waals surface area (Å²) in [7, 11) is 0. The third-order valence-corrected chi connectivity index (χ3v) is 12.3. The van der Waals surface area contributed by atoms with Crippen molar-refractivity contribution >= 4 is 50.1 Å². The largest absolute Gasteiger partial charge is 0.455 e. The van der Waals surface area contributed by atoms with Gasteiger partial charge in [0.2, 0.25) is 0 Å². The van der Waals surface area contributed by atoms with Crippen LogP contribution in [0.5, 0.6) is 0 Å². The number of allylic oxidation sites excluding steroid dienone is 4. The molecule has 0 saturated heterocycles. The van der Waals surface area contributed by atoms with Crippen LogP contribution >= 0.6 is 0 Å². The lowest BCUT2D eigenvalue weighted by atomic mass is 9.81. The Balaban J connectivity index is 0.949. The highest BCUT2D eigenvalue weighted by Gasteiger charge is 2.21. The van der Waals surface area contributed by atoms with E-state index in [2.05, 4.69) is 235 Å². The average Bonchev–Trinajstić information content (AvgIpc) is 3.75. The Kier molecular flexibility index (Phi) is 9.72. The van der Waals surface area contributed by atoms with E-state index < -0.39 is 0 Å². The molecule has 0 saturated carbocycles. The van der Waals surface area contributed by atoms with Crippen molar-refractivity contribution < 1.29 is 4.42 Å². The molecule has 1 atom stereocenters. The zero-order valence-electron chi connectivity index (χ0n) is 34.2. The summed E-state index contributed by atoms with van der Waals surface area (Å²) in [5.41, 5.74) is 18.5. The van der Waals surface area contributed by atoms with Gasteiger partial charge in [0.1, 0.15) is 11.2 Å². The van der Waals surface area contributed by atoms with Crippen molar-refractivity contribution in [1.29, 1.82) is 0 Å². The standard InChI is InChI=1S/C60H43NO/c1-4-13-42(14-5-1)45-23-25-46(26-24-45)47-27-33-53(34-28-47)61(55-37-31-49(32-38-55)56-20-12-21-58-57-19-10-11-22-59(57)62-60(56)58)54-35-29-48(30-36-54)52-40-50(43-15-6-2-7-16-43)39-51(41-52)44-17-8-3-9-18-44/h1-40,52H,41H2. The molecule has 1 heterocycles. The first-order chi connectivity index (χ1) is 30.7. The minimum Gasteiger partial charge on any atom is -0.455 e. The smallest absolute Gasteiger partial charge is 0.143 e. The molecule has 1 aliphatic carbocycles. The van der Waals surface area contributed by atoms with Crippen LogP contribution in [0.3, 0.4) is 0 Å². The van der Waals surface area contributed by atoms with E-state index in [1.54, 1.807) is 0 Å². The summed E-state index contributed by atoms with van der Waals surface area (Å²) >= 11 is 0. The van der Waals surface area contributed by atoms with E-state index in [0.717, 1.165) is 56.5 Å². The minimum atomic E-state index is 0.237. The van der Waals surface area contributed by atoms with Crippen molar-refractivity contribution in [1.82, 2.24) is 0 Å². The molecule has 1 aliphatic rings. The van der Waals surface area contributed by atoms with Crippen LogP contribution in [0.2, 0.25) is 0 Å². The van der Waals surface area contributed by atoms with E-state index in [9.17, 15) is 0 Å². The Morgan fingerprint density at radius 1 is 0.371 bits per heavy atom. The van der Waals surface area contributed by atoms with Crippen molar-refractivity contribution in [3.05, 3.63) is 259 Å². The summed E-state index contributed by atoms with van der Waals surface area (Å²) in [6.45, 7) is 0. The highest BCUT2D eigenvalue weighted by Crippen LogP contribution is 2.42. The normalized spacial score (nSPS) is 13.8. The van der Waals surface area contributed by atoms with Crippen molar-refractivity contribution in [2.45, 2.75) is 12.3 Å². The zero-order valence-corrected chi connectivity index (χ0v) is 34.2. The van der Waals surface area contributed by atoms with Gasteiger partial charge in [0, 0.05) is 39.3 Å². The summed E-state index contributed by atoms with van der Waals surface area (Å²) in [6, 6.07) is 82.7. The molecule has 0 amide bonds. The van der Waals surface area contributed by atoms with Crippen molar-refractivity contribution in [3.63, 3.8) is 0 Å². The van der Waals surface area contributed by atoms with Crippen molar-refractivity contribution in [2.24, 2.45) is 0 Å². The van der Waals surface area contributed by atoms with Crippen LogP contribution in [0.1, 0.15) is 29.0 Å². The maximum Gasteiger partial charge on any atom is 0.143 e. The summed E-state index contributed by atoms with van der Waals surface area (Å²) in [6.07, 6.45) is 5.76. The lowest BCUT2D eigenvalue weighted by Crippen LogP contribution is -2.10. The van der Waals surface area contributed by atoms with Crippen LogP contribution in [-0.2, 0) is 0 Å². The fourth-order valence-corrected chi connectivity index (χ4v) is 9.06. The third-order valence-electron chi connectivity index (χ3n) is 12.3. The summed E-state index contributed by atoms with van der Waals surface area (Å²) in [5.74, 6) is 0.237. The number of para-hydroxylation sites is 2. The van der Waals surface area contributed by atoms with Crippen LogP contribution < -0.4 is 4.90 Å². The molecule has 2 heteroatoms. The van der Waals surface area contributed by atoms with E-state index in [1.165, 1.54) is 50.1 Å². The molecule has 0 radical (unpaired) electrons. The summed E-state index contributed by atoms with van der Waals surface area (Å²) in [4.78, 5) is 2.36. The molecule has 0 aliphatic heterocycles. The first-order valence-corrected chi connectivity index (χ1v) is 21.4. The van der Waals surface area contributed by atoms with Gasteiger partial charge in [0.25, 0.3) is 0 Å². The minimum absolute atomic E-state index is 0.237. The zero-order chi connectivity index (χ0) is 41.2. The van der Waals surface area contributed by atoms with Crippen molar-refractivity contribution in [3.8, 4) is 33.4 Å². The van der Waals surface area contributed by atoms with Gasteiger partial charge in [-0.05, 0) is 105 Å². The van der Waals surface area contributed by atoms with Crippen LogP contribution in [0.25, 0.3) is 66.5 Å². The van der Waals surface area contributed by atoms with Gasteiger partial charge in [-0.1, -0.05) is 200 Å². The Bertz CT molecular complexity index is 3200. The summed E-state index contributed by atoms with van der Waals surface area (Å²) in [5, 5.41) is 2.27. The molecule has 9 aromatic carbocycles. The molecule has 10 aromatic rings. The number of furan rings is 1. The number of rotatable bonds is 9. The molecule has 0 bridgehead atoms. The maximum atomic E-state index is 6.44. The van der Waals surface area contributed by atoms with Crippen LogP contribution in [0.4, 0.5) is 17.1 Å². The monoisotopic (exact) mass is 793 g/mol. The lowest BCUT2D eigenvalue weighted by Gasteiger charge is -2.27. The fraction of sp³-hybridized carbons (Fsp3) is 0.0333. The number of nitrogens with zero attached hydrogens (tertiary/aromatic N) is 1. The van der Waals surface area contributed by atoms with Gasteiger partial charge in [-0.15, -0.1) is 0 Å². The SMILES string of the molecule is C1=C(c2ccccc2)C=C(c2ccccc2)CC1c1ccc(N(c2ccc(-c3ccc(-c4ccccc4)cc3)cc2)c2ccc(-c3cccc4c3oc3ccccc34)cc2)cc1. The lowest BCUT2D eigenvalue weighted by molar-refractivity contribution is 0.670. The first-order valence-electron chi connectivity index (χ1n) is 21.4. The van der Waals surface area contributed by atoms with E-state index in [-0.39, 0.29) is 5.92 Å². The highest BCUT2D eigenvalue weighted by atomic mass is 16.3. The van der Waals surface area contributed by atoms with Crippen molar-refractivity contribution in [2.75, 3.05) is 4.90 Å². The topological polar surface area (TPSA) is 16.4 Å². The number of hydrogen-bond donors (Lipinski definition) is 0. The van der Waals surface area contributed by atoms with Crippen LogP contribution in [0.15, 0.2) is 247 Å². The highest BCUT2D eigenvalue weighted by molar-refractivity contribution is 6.09. The number of benzene rings is 9. The molecule has 0 N–H and O–H groups in total. The quantitative estimate of drug-likeness (QED) is 0.145.